The molecular weight excluding hydrogens is 310 g/mol. The van der Waals surface area contributed by atoms with Crippen LogP contribution in [0.3, 0.4) is 0 Å². The topological polar surface area (TPSA) is 63.3 Å². The lowest BCUT2D eigenvalue weighted by Crippen LogP contribution is -2.46. The van der Waals surface area contributed by atoms with Crippen LogP contribution in [0.2, 0.25) is 0 Å². The van der Waals surface area contributed by atoms with Gasteiger partial charge in [0.2, 0.25) is 0 Å². The molecule has 16 heavy (non-hydrogen) atoms. The third kappa shape index (κ3) is 3.76. The van der Waals surface area contributed by atoms with Crippen molar-refractivity contribution in [1.29, 1.82) is 0 Å². The summed E-state index contributed by atoms with van der Waals surface area (Å²) in [5, 5.41) is 10.9. The summed E-state index contributed by atoms with van der Waals surface area (Å²) in [4.78, 5) is 12.0. The molecule has 0 amide bonds. The van der Waals surface area contributed by atoms with E-state index in [1.807, 2.05) is 25.3 Å². The van der Waals surface area contributed by atoms with Crippen molar-refractivity contribution in [3.63, 3.8) is 0 Å². The monoisotopic (exact) mass is 323 g/mol. The first-order valence-corrected chi connectivity index (χ1v) is 7.34. The van der Waals surface area contributed by atoms with E-state index < -0.39 is 16.8 Å². The van der Waals surface area contributed by atoms with Crippen molar-refractivity contribution in [3.8, 4) is 0 Å². The van der Waals surface area contributed by atoms with Gasteiger partial charge in [-0.1, -0.05) is 0 Å². The van der Waals surface area contributed by atoms with E-state index in [2.05, 4.69) is 15.9 Å². The second-order valence-electron chi connectivity index (χ2n) is 3.94. The predicted octanol–water partition coefficient (Wildman–Crippen LogP) is 2.93. The summed E-state index contributed by atoms with van der Waals surface area (Å²) in [7, 11) is 0. The van der Waals surface area contributed by atoms with Gasteiger partial charge in [0.25, 0.3) is 0 Å². The van der Waals surface area contributed by atoms with Crippen LogP contribution in [-0.2, 0) is 10.5 Å². The maximum atomic E-state index is 10.8. The van der Waals surface area contributed by atoms with Gasteiger partial charge in [-0.2, -0.15) is 0 Å². The molecule has 3 N–H and O–H groups in total. The number of hydrogen-bond acceptors (Lipinski definition) is 4. The number of carbonyl (C=O) groups is 1. The molecule has 1 aromatic rings. The quantitative estimate of drug-likeness (QED) is 0.874. The second kappa shape index (κ2) is 5.53. The fourth-order valence-electron chi connectivity index (χ4n) is 1.07. The van der Waals surface area contributed by atoms with Crippen LogP contribution in [-0.4, -0.2) is 21.9 Å². The smallest absolute Gasteiger partial charge is 0.321 e. The van der Waals surface area contributed by atoms with Crippen molar-refractivity contribution < 1.29 is 9.90 Å². The van der Waals surface area contributed by atoms with Crippen LogP contribution in [0, 0.1) is 0 Å². The first-order valence-electron chi connectivity index (χ1n) is 4.68. The molecule has 90 valence electrons. The van der Waals surface area contributed by atoms with Gasteiger partial charge in [0.15, 0.2) is 0 Å². The van der Waals surface area contributed by atoms with Crippen molar-refractivity contribution in [1.82, 2.24) is 0 Å². The Morgan fingerprint density at radius 2 is 2.38 bits per heavy atom. The summed E-state index contributed by atoms with van der Waals surface area (Å²) in [5.41, 5.74) is 5.64. The standard InChI is InChI=1S/C10H14BrNO2S2/c1-10(2,8(12)9(13)14)16-5-7-3-6(11)4-15-7/h3-4,8H,5,12H2,1-2H3,(H,13,14)/t8-/m1/s1. The largest absolute Gasteiger partial charge is 0.480 e. The van der Waals surface area contributed by atoms with E-state index in [0.29, 0.717) is 0 Å². The van der Waals surface area contributed by atoms with Crippen LogP contribution in [0.1, 0.15) is 18.7 Å². The van der Waals surface area contributed by atoms with Crippen LogP contribution >= 0.6 is 39.0 Å². The summed E-state index contributed by atoms with van der Waals surface area (Å²) in [6, 6.07) is 1.20. The van der Waals surface area contributed by atoms with E-state index in [0.717, 1.165) is 10.2 Å². The average molecular weight is 324 g/mol. The second-order valence-corrected chi connectivity index (χ2v) is 7.48. The van der Waals surface area contributed by atoms with Crippen molar-refractivity contribution in [3.05, 3.63) is 20.8 Å². The molecule has 1 atom stereocenters. The number of thiophene rings is 1. The highest BCUT2D eigenvalue weighted by atomic mass is 79.9. The Morgan fingerprint density at radius 1 is 1.75 bits per heavy atom. The molecule has 0 aliphatic heterocycles. The minimum atomic E-state index is -0.954. The van der Waals surface area contributed by atoms with E-state index in [4.69, 9.17) is 10.8 Å². The summed E-state index contributed by atoms with van der Waals surface area (Å²) in [5.74, 6) is -0.172. The van der Waals surface area contributed by atoms with Gasteiger partial charge < -0.3 is 10.8 Å². The lowest BCUT2D eigenvalue weighted by Gasteiger charge is -2.27. The zero-order valence-corrected chi connectivity index (χ0v) is 12.3. The average Bonchev–Trinajstić information content (AvgIpc) is 2.60. The van der Waals surface area contributed by atoms with Crippen molar-refractivity contribution in [2.75, 3.05) is 0 Å². The van der Waals surface area contributed by atoms with Crippen LogP contribution in [0.4, 0.5) is 0 Å². The van der Waals surface area contributed by atoms with Gasteiger partial charge in [0.05, 0.1) is 0 Å². The summed E-state index contributed by atoms with van der Waals surface area (Å²) >= 11 is 6.61. The molecule has 0 radical (unpaired) electrons. The molecule has 0 saturated carbocycles. The Bertz CT molecular complexity index is 379. The Morgan fingerprint density at radius 3 is 2.81 bits per heavy atom. The van der Waals surface area contributed by atoms with Crippen molar-refractivity contribution in [2.24, 2.45) is 5.73 Å². The Hall–Kier alpha value is -0.0400. The SMILES string of the molecule is CC(C)(SCc1cc(Br)cs1)[C@H](N)C(=O)O. The zero-order chi connectivity index (χ0) is 12.3. The summed E-state index contributed by atoms with van der Waals surface area (Å²) in [6.07, 6.45) is 0. The lowest BCUT2D eigenvalue weighted by atomic mass is 10.1. The normalized spacial score (nSPS) is 13.8. The Labute approximate surface area is 112 Å². The molecular formula is C10H14BrNO2S2. The number of rotatable bonds is 5. The fraction of sp³-hybridized carbons (Fsp3) is 0.500. The molecule has 0 saturated heterocycles. The number of halogens is 1. The highest BCUT2D eigenvalue weighted by Crippen LogP contribution is 2.33. The number of carboxylic acid groups (broad SMARTS) is 1. The first kappa shape index (κ1) is 14.0. The maximum absolute atomic E-state index is 10.8. The number of aliphatic carboxylic acids is 1. The molecule has 0 aliphatic carbocycles. The van der Waals surface area contributed by atoms with Crippen LogP contribution < -0.4 is 5.73 Å². The molecule has 1 rings (SSSR count). The van der Waals surface area contributed by atoms with E-state index in [9.17, 15) is 4.79 Å². The van der Waals surface area contributed by atoms with Gasteiger partial charge in [-0.15, -0.1) is 23.1 Å². The summed E-state index contributed by atoms with van der Waals surface area (Å²) in [6.45, 7) is 3.72. The van der Waals surface area contributed by atoms with Crippen molar-refractivity contribution >= 4 is 45.0 Å². The van der Waals surface area contributed by atoms with E-state index in [1.165, 1.54) is 4.88 Å². The Kier molecular flexibility index (Phi) is 4.85. The molecule has 0 fully saturated rings. The molecule has 1 aromatic heterocycles. The van der Waals surface area contributed by atoms with E-state index in [1.54, 1.807) is 23.1 Å². The number of nitrogens with two attached hydrogens (primary N) is 1. The van der Waals surface area contributed by atoms with Gasteiger partial charge in [-0.25, -0.2) is 0 Å². The van der Waals surface area contributed by atoms with Crippen LogP contribution in [0.15, 0.2) is 15.9 Å². The lowest BCUT2D eigenvalue weighted by molar-refractivity contribution is -0.139. The molecule has 0 bridgehead atoms. The van der Waals surface area contributed by atoms with Crippen molar-refractivity contribution in [2.45, 2.75) is 30.4 Å². The molecule has 0 spiro atoms. The highest BCUT2D eigenvalue weighted by molar-refractivity contribution is 9.10. The van der Waals surface area contributed by atoms with Crippen LogP contribution in [0.5, 0.6) is 0 Å². The van der Waals surface area contributed by atoms with Gasteiger partial charge >= 0.3 is 5.97 Å². The first-order chi connectivity index (χ1) is 7.33. The predicted molar refractivity (Wildman–Crippen MR) is 73.0 cm³/mol. The fourth-order valence-corrected chi connectivity index (χ4v) is 3.64. The maximum Gasteiger partial charge on any atom is 0.321 e. The minimum absolute atomic E-state index is 0.470. The summed E-state index contributed by atoms with van der Waals surface area (Å²) < 4.78 is 0.593. The van der Waals surface area contributed by atoms with E-state index in [-0.39, 0.29) is 0 Å². The van der Waals surface area contributed by atoms with E-state index >= 15 is 0 Å². The number of hydrogen-bond donors (Lipinski definition) is 2. The number of thioether (sulfide) groups is 1. The highest BCUT2D eigenvalue weighted by Gasteiger charge is 2.32. The van der Waals surface area contributed by atoms with Gasteiger partial charge in [-0.05, 0) is 35.8 Å². The molecule has 1 heterocycles. The molecule has 0 unspecified atom stereocenters. The molecule has 6 heteroatoms. The number of carboxylic acids is 1. The third-order valence-electron chi connectivity index (χ3n) is 2.22. The van der Waals surface area contributed by atoms with Gasteiger partial charge in [0.1, 0.15) is 6.04 Å². The molecule has 0 aromatic carbocycles. The Balaban J connectivity index is 2.57. The molecule has 3 nitrogen and oxygen atoms in total. The molecule has 0 aliphatic rings. The third-order valence-corrected chi connectivity index (χ3v) is 5.56. The van der Waals surface area contributed by atoms with Gasteiger partial charge in [-0.3, -0.25) is 4.79 Å². The zero-order valence-electron chi connectivity index (χ0n) is 9.07. The van der Waals surface area contributed by atoms with Crippen LogP contribution in [0.25, 0.3) is 0 Å². The minimum Gasteiger partial charge on any atom is -0.480 e. The van der Waals surface area contributed by atoms with Gasteiger partial charge in [0, 0.05) is 25.2 Å².